The Morgan fingerprint density at radius 3 is 3.06 bits per heavy atom. The molecule has 0 saturated carbocycles. The van der Waals surface area contributed by atoms with Crippen molar-refractivity contribution in [2.45, 2.75) is 52.0 Å². The molecule has 1 atom stereocenters. The van der Waals surface area contributed by atoms with Crippen molar-refractivity contribution in [3.63, 3.8) is 0 Å². The summed E-state index contributed by atoms with van der Waals surface area (Å²) in [4.78, 5) is 0. The van der Waals surface area contributed by atoms with Crippen molar-refractivity contribution >= 4 is 5.69 Å². The van der Waals surface area contributed by atoms with E-state index in [9.17, 15) is 0 Å². The molecule has 2 N–H and O–H groups in total. The van der Waals surface area contributed by atoms with Gasteiger partial charge in [0, 0.05) is 18.3 Å². The molecule has 0 aliphatic carbocycles. The van der Waals surface area contributed by atoms with E-state index in [1.165, 1.54) is 42.5 Å². The maximum absolute atomic E-state index is 3.62. The minimum Gasteiger partial charge on any atom is -0.384 e. The minimum absolute atomic E-state index is 0.578. The standard InChI is InChI=1S/C16H26N2/c1-3-4-5-9-17-13(2)11-14-6-7-16-15(12-14)8-10-18-16/h6-7,12-13,17-18H,3-5,8-11H2,1-2H3. The summed E-state index contributed by atoms with van der Waals surface area (Å²) < 4.78 is 0. The van der Waals surface area contributed by atoms with Crippen LogP contribution in [0.2, 0.25) is 0 Å². The van der Waals surface area contributed by atoms with Crippen molar-refractivity contribution in [1.29, 1.82) is 0 Å². The summed E-state index contributed by atoms with van der Waals surface area (Å²) in [6.45, 7) is 6.80. The van der Waals surface area contributed by atoms with Crippen molar-refractivity contribution < 1.29 is 0 Å². The van der Waals surface area contributed by atoms with Crippen LogP contribution in [0.5, 0.6) is 0 Å². The first-order valence-electron chi connectivity index (χ1n) is 7.38. The van der Waals surface area contributed by atoms with Gasteiger partial charge in [-0.3, -0.25) is 0 Å². The van der Waals surface area contributed by atoms with Gasteiger partial charge >= 0.3 is 0 Å². The molecule has 2 nitrogen and oxygen atoms in total. The summed E-state index contributed by atoms with van der Waals surface area (Å²) in [5.74, 6) is 0. The molecule has 0 amide bonds. The highest BCUT2D eigenvalue weighted by Crippen LogP contribution is 2.23. The highest BCUT2D eigenvalue weighted by molar-refractivity contribution is 5.56. The number of rotatable bonds is 7. The van der Waals surface area contributed by atoms with Gasteiger partial charge in [-0.1, -0.05) is 31.9 Å². The molecule has 0 bridgehead atoms. The van der Waals surface area contributed by atoms with Gasteiger partial charge in [-0.25, -0.2) is 0 Å². The number of anilines is 1. The molecule has 1 aliphatic heterocycles. The normalized spacial score (nSPS) is 15.2. The van der Waals surface area contributed by atoms with Crippen LogP contribution in [0.1, 0.15) is 44.2 Å². The lowest BCUT2D eigenvalue weighted by molar-refractivity contribution is 0.523. The van der Waals surface area contributed by atoms with E-state index < -0.39 is 0 Å². The van der Waals surface area contributed by atoms with Crippen molar-refractivity contribution in [3.8, 4) is 0 Å². The number of benzene rings is 1. The van der Waals surface area contributed by atoms with Crippen LogP contribution in [0.4, 0.5) is 5.69 Å². The van der Waals surface area contributed by atoms with Crippen molar-refractivity contribution in [2.75, 3.05) is 18.4 Å². The summed E-state index contributed by atoms with van der Waals surface area (Å²) >= 11 is 0. The van der Waals surface area contributed by atoms with Crippen molar-refractivity contribution in [1.82, 2.24) is 5.32 Å². The lowest BCUT2D eigenvalue weighted by atomic mass is 10.0. The van der Waals surface area contributed by atoms with Crippen molar-refractivity contribution in [3.05, 3.63) is 29.3 Å². The van der Waals surface area contributed by atoms with Gasteiger partial charge in [0.15, 0.2) is 0 Å². The number of hydrogen-bond donors (Lipinski definition) is 2. The average molecular weight is 246 g/mol. The monoisotopic (exact) mass is 246 g/mol. The molecule has 1 aromatic carbocycles. The molecular weight excluding hydrogens is 220 g/mol. The lowest BCUT2D eigenvalue weighted by Gasteiger charge is -2.14. The summed E-state index contributed by atoms with van der Waals surface area (Å²) in [6.07, 6.45) is 6.26. The number of fused-ring (bicyclic) bond motifs is 1. The number of hydrogen-bond acceptors (Lipinski definition) is 2. The average Bonchev–Trinajstić information content (AvgIpc) is 2.82. The Morgan fingerprint density at radius 1 is 1.33 bits per heavy atom. The van der Waals surface area contributed by atoms with Gasteiger partial charge in [0.25, 0.3) is 0 Å². The SMILES string of the molecule is CCCCCNC(C)Cc1ccc2c(c1)CCN2. The van der Waals surface area contributed by atoms with Gasteiger partial charge in [-0.2, -0.15) is 0 Å². The van der Waals surface area contributed by atoms with Gasteiger partial charge in [0.1, 0.15) is 0 Å². The molecule has 0 fully saturated rings. The van der Waals surface area contributed by atoms with Crippen LogP contribution in [0.25, 0.3) is 0 Å². The highest BCUT2D eigenvalue weighted by Gasteiger charge is 2.11. The van der Waals surface area contributed by atoms with Crippen LogP contribution in [-0.2, 0) is 12.8 Å². The van der Waals surface area contributed by atoms with Gasteiger partial charge in [0.05, 0.1) is 0 Å². The predicted octanol–water partition coefficient (Wildman–Crippen LogP) is 3.37. The Morgan fingerprint density at radius 2 is 2.22 bits per heavy atom. The highest BCUT2D eigenvalue weighted by atomic mass is 14.9. The fraction of sp³-hybridized carbons (Fsp3) is 0.625. The Balaban J connectivity index is 1.78. The Hall–Kier alpha value is -1.02. The Kier molecular flexibility index (Phi) is 5.06. The van der Waals surface area contributed by atoms with Gasteiger partial charge < -0.3 is 10.6 Å². The van der Waals surface area contributed by atoms with E-state index in [4.69, 9.17) is 0 Å². The van der Waals surface area contributed by atoms with Gasteiger partial charge in [0.2, 0.25) is 0 Å². The maximum atomic E-state index is 3.62. The quantitative estimate of drug-likeness (QED) is 0.721. The first-order valence-corrected chi connectivity index (χ1v) is 7.38. The van der Waals surface area contributed by atoms with Crippen LogP contribution in [0.15, 0.2) is 18.2 Å². The molecule has 0 radical (unpaired) electrons. The molecule has 1 aliphatic rings. The summed E-state index contributed by atoms with van der Waals surface area (Å²) in [5.41, 5.74) is 4.29. The second kappa shape index (κ2) is 6.79. The molecule has 0 saturated heterocycles. The second-order valence-electron chi connectivity index (χ2n) is 5.43. The fourth-order valence-electron chi connectivity index (χ4n) is 2.63. The zero-order chi connectivity index (χ0) is 12.8. The summed E-state index contributed by atoms with van der Waals surface area (Å²) in [6, 6.07) is 7.46. The minimum atomic E-state index is 0.578. The smallest absolute Gasteiger partial charge is 0.0373 e. The lowest BCUT2D eigenvalue weighted by Crippen LogP contribution is -2.28. The van der Waals surface area contributed by atoms with E-state index in [1.807, 2.05) is 0 Å². The summed E-state index contributed by atoms with van der Waals surface area (Å²) in [7, 11) is 0. The number of unbranched alkanes of at least 4 members (excludes halogenated alkanes) is 2. The third-order valence-corrected chi connectivity index (χ3v) is 3.69. The summed E-state index contributed by atoms with van der Waals surface area (Å²) in [5, 5.41) is 7.03. The first kappa shape index (κ1) is 13.4. The molecule has 1 unspecified atom stereocenters. The molecular formula is C16H26N2. The molecule has 18 heavy (non-hydrogen) atoms. The Labute approximate surface area is 111 Å². The third kappa shape index (κ3) is 3.74. The molecule has 2 heteroatoms. The molecule has 0 aromatic heterocycles. The van der Waals surface area contributed by atoms with Gasteiger partial charge in [-0.15, -0.1) is 0 Å². The molecule has 1 heterocycles. The maximum Gasteiger partial charge on any atom is 0.0373 e. The molecule has 0 spiro atoms. The van der Waals surface area contributed by atoms with E-state index >= 15 is 0 Å². The zero-order valence-electron chi connectivity index (χ0n) is 11.8. The topological polar surface area (TPSA) is 24.1 Å². The van der Waals surface area contributed by atoms with Crippen LogP contribution in [0, 0.1) is 0 Å². The predicted molar refractivity (Wildman–Crippen MR) is 79.3 cm³/mol. The van der Waals surface area contributed by atoms with Crippen LogP contribution >= 0.6 is 0 Å². The van der Waals surface area contributed by atoms with Crippen LogP contribution in [-0.4, -0.2) is 19.1 Å². The van der Waals surface area contributed by atoms with Crippen LogP contribution < -0.4 is 10.6 Å². The zero-order valence-corrected chi connectivity index (χ0v) is 11.8. The van der Waals surface area contributed by atoms with Gasteiger partial charge in [-0.05, 0) is 49.9 Å². The Bertz CT molecular complexity index is 373. The molecule has 100 valence electrons. The largest absolute Gasteiger partial charge is 0.384 e. The molecule has 2 rings (SSSR count). The van der Waals surface area contributed by atoms with E-state index in [1.54, 1.807) is 0 Å². The van der Waals surface area contributed by atoms with E-state index in [0.717, 1.165) is 19.5 Å². The molecule has 1 aromatic rings. The van der Waals surface area contributed by atoms with Crippen molar-refractivity contribution in [2.24, 2.45) is 0 Å². The fourth-order valence-corrected chi connectivity index (χ4v) is 2.63. The number of nitrogens with one attached hydrogen (secondary N) is 2. The second-order valence-corrected chi connectivity index (χ2v) is 5.43. The first-order chi connectivity index (χ1) is 8.79. The third-order valence-electron chi connectivity index (χ3n) is 3.69. The van der Waals surface area contributed by atoms with E-state index in [2.05, 4.69) is 42.7 Å². The van der Waals surface area contributed by atoms with E-state index in [-0.39, 0.29) is 0 Å². The van der Waals surface area contributed by atoms with E-state index in [0.29, 0.717) is 6.04 Å². The van der Waals surface area contributed by atoms with Crippen LogP contribution in [0.3, 0.4) is 0 Å².